The van der Waals surface area contributed by atoms with E-state index < -0.39 is 28.3 Å². The van der Waals surface area contributed by atoms with Crippen LogP contribution in [0, 0.1) is 31.0 Å². The average molecular weight is 484 g/mol. The van der Waals surface area contributed by atoms with E-state index >= 15 is 0 Å². The van der Waals surface area contributed by atoms with Gasteiger partial charge in [-0.05, 0) is 55.3 Å². The van der Waals surface area contributed by atoms with Crippen LogP contribution >= 0.6 is 0 Å². The number of benzene rings is 2. The number of carbonyl (C=O) groups is 2. The van der Waals surface area contributed by atoms with Crippen molar-refractivity contribution in [2.24, 2.45) is 0 Å². The Bertz CT molecular complexity index is 1400. The molecule has 1 aromatic heterocycles. The third-order valence-corrected chi connectivity index (χ3v) is 6.40. The first kappa shape index (κ1) is 24.7. The van der Waals surface area contributed by atoms with Gasteiger partial charge in [-0.2, -0.15) is 5.26 Å². The molecule has 0 bridgehead atoms. The van der Waals surface area contributed by atoms with E-state index in [0.29, 0.717) is 5.56 Å². The number of nitrogens with zero attached hydrogens (tertiary/aromatic N) is 2. The van der Waals surface area contributed by atoms with Gasteiger partial charge in [0.1, 0.15) is 17.7 Å². The lowest BCUT2D eigenvalue weighted by atomic mass is 10.2. The number of esters is 1. The van der Waals surface area contributed by atoms with Crippen LogP contribution in [0.2, 0.25) is 0 Å². The van der Waals surface area contributed by atoms with Crippen molar-refractivity contribution >= 4 is 27.5 Å². The van der Waals surface area contributed by atoms with Crippen LogP contribution in [-0.4, -0.2) is 37.7 Å². The van der Waals surface area contributed by atoms with Crippen LogP contribution < -0.4 is 5.32 Å². The molecule has 3 rings (SSSR count). The summed E-state index contributed by atoms with van der Waals surface area (Å²) in [6.45, 7) is 3.18. The SMILES string of the molecule is Cc1c(C#N)c(NC(=O)COC(=O)c2cccc(S(C)(=O)=O)c2)n(Cc2ccc(F)cc2)c1C. The minimum atomic E-state index is -3.51. The Labute approximate surface area is 196 Å². The van der Waals surface area contributed by atoms with Crippen molar-refractivity contribution in [3.8, 4) is 6.07 Å². The molecule has 1 amide bonds. The Hall–Kier alpha value is -3.97. The third kappa shape index (κ3) is 5.50. The fourth-order valence-electron chi connectivity index (χ4n) is 3.34. The van der Waals surface area contributed by atoms with Gasteiger partial charge in [0, 0.05) is 18.5 Å². The predicted molar refractivity (Wildman–Crippen MR) is 123 cm³/mol. The van der Waals surface area contributed by atoms with E-state index in [0.717, 1.165) is 17.5 Å². The molecule has 0 spiro atoms. The predicted octanol–water partition coefficient (Wildman–Crippen LogP) is 3.36. The van der Waals surface area contributed by atoms with Crippen molar-refractivity contribution in [2.45, 2.75) is 25.3 Å². The number of carbonyl (C=O) groups excluding carboxylic acids is 2. The summed E-state index contributed by atoms with van der Waals surface area (Å²) in [5.41, 5.74) is 2.43. The lowest BCUT2D eigenvalue weighted by Gasteiger charge is -2.13. The summed E-state index contributed by atoms with van der Waals surface area (Å²) in [5, 5.41) is 12.2. The number of rotatable bonds is 7. The molecule has 34 heavy (non-hydrogen) atoms. The van der Waals surface area contributed by atoms with Crippen molar-refractivity contribution < 1.29 is 27.1 Å². The second-order valence-corrected chi connectivity index (χ2v) is 9.70. The largest absolute Gasteiger partial charge is 0.452 e. The van der Waals surface area contributed by atoms with E-state index in [1.165, 1.54) is 36.4 Å². The monoisotopic (exact) mass is 483 g/mol. The molecular weight excluding hydrogens is 461 g/mol. The number of aromatic nitrogens is 1. The summed E-state index contributed by atoms with van der Waals surface area (Å²) in [4.78, 5) is 24.8. The van der Waals surface area contributed by atoms with Crippen LogP contribution in [-0.2, 0) is 25.9 Å². The highest BCUT2D eigenvalue weighted by molar-refractivity contribution is 7.90. The van der Waals surface area contributed by atoms with Crippen LogP contribution in [0.25, 0.3) is 0 Å². The van der Waals surface area contributed by atoms with Crippen LogP contribution in [0.1, 0.15) is 32.7 Å². The first-order chi connectivity index (χ1) is 16.0. The number of halogens is 1. The Morgan fingerprint density at radius 2 is 1.82 bits per heavy atom. The summed E-state index contributed by atoms with van der Waals surface area (Å²) < 4.78 is 43.4. The molecule has 0 unspecified atom stereocenters. The lowest BCUT2D eigenvalue weighted by molar-refractivity contribution is -0.119. The van der Waals surface area contributed by atoms with E-state index in [1.807, 2.05) is 0 Å². The molecule has 0 aliphatic rings. The van der Waals surface area contributed by atoms with E-state index in [4.69, 9.17) is 4.74 Å². The Morgan fingerprint density at radius 1 is 1.15 bits per heavy atom. The van der Waals surface area contributed by atoms with Gasteiger partial charge in [0.25, 0.3) is 5.91 Å². The van der Waals surface area contributed by atoms with Crippen LogP contribution in [0.5, 0.6) is 0 Å². The van der Waals surface area contributed by atoms with Crippen molar-refractivity contribution in [1.29, 1.82) is 5.26 Å². The number of nitrogens with one attached hydrogen (secondary N) is 1. The maximum Gasteiger partial charge on any atom is 0.338 e. The quantitative estimate of drug-likeness (QED) is 0.515. The standard InChI is InChI=1S/C24H22FN3O5S/c1-15-16(2)28(13-17-7-9-19(25)10-8-17)23(21(15)12-26)27-22(29)14-33-24(30)18-5-4-6-20(11-18)34(3,31)32/h4-11H,13-14H2,1-3H3,(H,27,29). The normalized spacial score (nSPS) is 11.0. The highest BCUT2D eigenvalue weighted by atomic mass is 32.2. The minimum Gasteiger partial charge on any atom is -0.452 e. The van der Waals surface area contributed by atoms with Gasteiger partial charge >= 0.3 is 5.97 Å². The molecule has 10 heteroatoms. The van der Waals surface area contributed by atoms with Gasteiger partial charge in [-0.3, -0.25) is 4.79 Å². The maximum absolute atomic E-state index is 13.3. The summed E-state index contributed by atoms with van der Waals surface area (Å²) in [6.07, 6.45) is 1.02. The number of hydrogen-bond acceptors (Lipinski definition) is 6. The van der Waals surface area contributed by atoms with Gasteiger partial charge < -0.3 is 14.6 Å². The molecule has 0 aliphatic heterocycles. The number of sulfone groups is 1. The second-order valence-electron chi connectivity index (χ2n) is 7.68. The molecule has 0 radical (unpaired) electrons. The Balaban J connectivity index is 1.77. The van der Waals surface area contributed by atoms with Gasteiger partial charge in [-0.25, -0.2) is 17.6 Å². The fraction of sp³-hybridized carbons (Fsp3) is 0.208. The van der Waals surface area contributed by atoms with E-state index in [-0.39, 0.29) is 34.2 Å². The molecule has 0 saturated carbocycles. The van der Waals surface area contributed by atoms with Gasteiger partial charge in [-0.15, -0.1) is 0 Å². The third-order valence-electron chi connectivity index (χ3n) is 5.29. The van der Waals surface area contributed by atoms with Gasteiger partial charge in [0.2, 0.25) is 0 Å². The lowest BCUT2D eigenvalue weighted by Crippen LogP contribution is -2.23. The molecule has 0 fully saturated rings. The van der Waals surface area contributed by atoms with Crippen LogP contribution in [0.15, 0.2) is 53.4 Å². The summed E-state index contributed by atoms with van der Waals surface area (Å²) in [6, 6.07) is 13.2. The number of anilines is 1. The zero-order valence-electron chi connectivity index (χ0n) is 18.8. The molecule has 176 valence electrons. The van der Waals surface area contributed by atoms with Crippen molar-refractivity contribution in [3.05, 3.63) is 82.3 Å². The molecule has 3 aromatic rings. The minimum absolute atomic E-state index is 0.0141. The summed E-state index contributed by atoms with van der Waals surface area (Å²) >= 11 is 0. The van der Waals surface area contributed by atoms with E-state index in [1.54, 1.807) is 30.5 Å². The van der Waals surface area contributed by atoms with Crippen LogP contribution in [0.4, 0.5) is 10.2 Å². The number of amides is 1. The Morgan fingerprint density at radius 3 is 2.44 bits per heavy atom. The van der Waals surface area contributed by atoms with Crippen molar-refractivity contribution in [3.63, 3.8) is 0 Å². The smallest absolute Gasteiger partial charge is 0.338 e. The van der Waals surface area contributed by atoms with Gasteiger partial charge in [0.15, 0.2) is 16.4 Å². The second kappa shape index (κ2) is 9.89. The highest BCUT2D eigenvalue weighted by Gasteiger charge is 2.21. The first-order valence-corrected chi connectivity index (χ1v) is 12.0. The number of nitriles is 1. The zero-order valence-corrected chi connectivity index (χ0v) is 19.6. The molecular formula is C24H22FN3O5S. The Kier molecular flexibility index (Phi) is 7.17. The average Bonchev–Trinajstić information content (AvgIpc) is 3.02. The fourth-order valence-corrected chi connectivity index (χ4v) is 4.00. The first-order valence-electron chi connectivity index (χ1n) is 10.1. The highest BCUT2D eigenvalue weighted by Crippen LogP contribution is 2.27. The van der Waals surface area contributed by atoms with Gasteiger partial charge in [-0.1, -0.05) is 18.2 Å². The zero-order chi connectivity index (χ0) is 25.0. The van der Waals surface area contributed by atoms with E-state index in [2.05, 4.69) is 11.4 Å². The van der Waals surface area contributed by atoms with Crippen molar-refractivity contribution in [2.75, 3.05) is 18.2 Å². The summed E-state index contributed by atoms with van der Waals surface area (Å²) in [7, 11) is -3.51. The van der Waals surface area contributed by atoms with Crippen LogP contribution in [0.3, 0.4) is 0 Å². The molecule has 1 N–H and O–H groups in total. The molecule has 0 atom stereocenters. The molecule has 1 heterocycles. The topological polar surface area (TPSA) is 118 Å². The maximum atomic E-state index is 13.3. The van der Waals surface area contributed by atoms with Gasteiger partial charge in [0.05, 0.1) is 16.0 Å². The number of hydrogen-bond donors (Lipinski definition) is 1. The van der Waals surface area contributed by atoms with Crippen molar-refractivity contribution in [1.82, 2.24) is 4.57 Å². The summed E-state index contributed by atoms with van der Waals surface area (Å²) in [5.74, 6) is -1.68. The molecule has 2 aromatic carbocycles. The molecule has 0 saturated heterocycles. The number of ether oxygens (including phenoxy) is 1. The molecule has 0 aliphatic carbocycles. The van der Waals surface area contributed by atoms with E-state index in [9.17, 15) is 27.7 Å². The molecule has 8 nitrogen and oxygen atoms in total.